The zero-order chi connectivity index (χ0) is 21.0. The summed E-state index contributed by atoms with van der Waals surface area (Å²) in [6.07, 6.45) is 0. The summed E-state index contributed by atoms with van der Waals surface area (Å²) in [5, 5.41) is 6.50. The molecule has 0 spiro atoms. The van der Waals surface area contributed by atoms with E-state index in [1.165, 1.54) is 24.3 Å². The largest absolute Gasteiger partial charge is 0.494 e. The molecule has 0 bridgehead atoms. The van der Waals surface area contributed by atoms with Gasteiger partial charge in [-0.15, -0.1) is 0 Å². The number of aromatic nitrogens is 1. The molecule has 2 N–H and O–H groups in total. The van der Waals surface area contributed by atoms with Crippen molar-refractivity contribution in [3.8, 4) is 5.75 Å². The van der Waals surface area contributed by atoms with Crippen LogP contribution < -0.4 is 14.8 Å². The number of nitrogens with zero attached hydrogens (tertiary/aromatic N) is 1. The fourth-order valence-corrected chi connectivity index (χ4v) is 3.69. The lowest BCUT2D eigenvalue weighted by atomic mass is 10.2. The van der Waals surface area contributed by atoms with Gasteiger partial charge in [-0.2, -0.15) is 0 Å². The zero-order valence-electron chi connectivity index (χ0n) is 16.2. The minimum atomic E-state index is -3.79. The highest BCUT2D eigenvalue weighted by Gasteiger charge is 2.17. The monoisotopic (exact) mass is 415 g/mol. The summed E-state index contributed by atoms with van der Waals surface area (Å²) in [7, 11) is -3.79. The molecule has 0 unspecified atom stereocenters. The molecule has 1 heterocycles. The standard InChI is InChI=1S/C20H21N3O5S/c1-4-27-17-9-7-16(8-10-17)23-29(25,26)18-11-5-15(6-12-18)20(24)21-19-13(2)22-28-14(19)3/h5-12,23H,4H2,1-3H3,(H,21,24). The summed E-state index contributed by atoms with van der Waals surface area (Å²) in [6.45, 7) is 5.81. The molecular formula is C20H21N3O5S. The molecule has 0 aliphatic heterocycles. The maximum absolute atomic E-state index is 12.6. The second-order valence-corrected chi connectivity index (χ2v) is 7.92. The summed E-state index contributed by atoms with van der Waals surface area (Å²) in [5.41, 5.74) is 1.79. The van der Waals surface area contributed by atoms with Crippen LogP contribution in [-0.4, -0.2) is 26.1 Å². The molecule has 0 saturated heterocycles. The molecule has 0 aliphatic carbocycles. The Morgan fingerprint density at radius 1 is 1.07 bits per heavy atom. The van der Waals surface area contributed by atoms with E-state index in [1.807, 2.05) is 6.92 Å². The van der Waals surface area contributed by atoms with Crippen LogP contribution in [0.15, 0.2) is 57.9 Å². The first-order chi connectivity index (χ1) is 13.8. The Bertz CT molecular complexity index is 1080. The number of hydrogen-bond donors (Lipinski definition) is 2. The Kier molecular flexibility index (Phi) is 5.88. The third kappa shape index (κ3) is 4.75. The molecule has 0 radical (unpaired) electrons. The molecule has 3 aromatic rings. The zero-order valence-corrected chi connectivity index (χ0v) is 17.0. The van der Waals surface area contributed by atoms with Crippen molar-refractivity contribution in [3.63, 3.8) is 0 Å². The van der Waals surface area contributed by atoms with Gasteiger partial charge in [-0.25, -0.2) is 8.42 Å². The molecule has 0 aliphatic rings. The van der Waals surface area contributed by atoms with Crippen LogP contribution in [0.4, 0.5) is 11.4 Å². The minimum Gasteiger partial charge on any atom is -0.494 e. The molecule has 1 aromatic heterocycles. The first kappa shape index (κ1) is 20.4. The Morgan fingerprint density at radius 3 is 2.28 bits per heavy atom. The number of rotatable bonds is 7. The van der Waals surface area contributed by atoms with Crippen molar-refractivity contribution >= 4 is 27.3 Å². The SMILES string of the molecule is CCOc1ccc(NS(=O)(=O)c2ccc(C(=O)Nc3c(C)noc3C)cc2)cc1. The fourth-order valence-electron chi connectivity index (χ4n) is 2.63. The lowest BCUT2D eigenvalue weighted by molar-refractivity contribution is 0.102. The van der Waals surface area contributed by atoms with Gasteiger partial charge in [0.1, 0.15) is 17.1 Å². The van der Waals surface area contributed by atoms with Crippen molar-refractivity contribution < 1.29 is 22.5 Å². The summed E-state index contributed by atoms with van der Waals surface area (Å²) < 4.78 is 38.0. The van der Waals surface area contributed by atoms with Crippen LogP contribution in [0.3, 0.4) is 0 Å². The van der Waals surface area contributed by atoms with Gasteiger partial charge in [0.25, 0.3) is 15.9 Å². The number of anilines is 2. The normalized spacial score (nSPS) is 11.1. The number of carbonyl (C=O) groups excluding carboxylic acids is 1. The first-order valence-corrected chi connectivity index (χ1v) is 10.4. The highest BCUT2D eigenvalue weighted by Crippen LogP contribution is 2.22. The van der Waals surface area contributed by atoms with Crippen LogP contribution in [-0.2, 0) is 10.0 Å². The van der Waals surface area contributed by atoms with Crippen molar-refractivity contribution in [2.45, 2.75) is 25.7 Å². The molecule has 9 heteroatoms. The van der Waals surface area contributed by atoms with Crippen molar-refractivity contribution in [2.24, 2.45) is 0 Å². The predicted molar refractivity (Wildman–Crippen MR) is 109 cm³/mol. The summed E-state index contributed by atoms with van der Waals surface area (Å²) >= 11 is 0. The minimum absolute atomic E-state index is 0.0419. The molecule has 0 atom stereocenters. The third-order valence-electron chi connectivity index (χ3n) is 4.12. The second-order valence-electron chi connectivity index (χ2n) is 6.24. The predicted octanol–water partition coefficient (Wildman–Crippen LogP) is 3.74. The number of hydrogen-bond acceptors (Lipinski definition) is 6. The molecule has 0 saturated carbocycles. The number of nitrogens with one attached hydrogen (secondary N) is 2. The highest BCUT2D eigenvalue weighted by atomic mass is 32.2. The first-order valence-electron chi connectivity index (χ1n) is 8.90. The number of amides is 1. The van der Waals surface area contributed by atoms with Crippen molar-refractivity contribution in [1.29, 1.82) is 0 Å². The van der Waals surface area contributed by atoms with E-state index >= 15 is 0 Å². The van der Waals surface area contributed by atoms with E-state index in [9.17, 15) is 13.2 Å². The molecule has 29 heavy (non-hydrogen) atoms. The van der Waals surface area contributed by atoms with Crippen LogP contribution in [0.5, 0.6) is 5.75 Å². The van der Waals surface area contributed by atoms with Gasteiger partial charge in [0.15, 0.2) is 5.76 Å². The Hall–Kier alpha value is -3.33. The van der Waals surface area contributed by atoms with E-state index in [1.54, 1.807) is 38.1 Å². The van der Waals surface area contributed by atoms with Crippen LogP contribution in [0.2, 0.25) is 0 Å². The molecule has 1 amide bonds. The maximum atomic E-state index is 12.6. The van der Waals surface area contributed by atoms with Gasteiger partial charge in [-0.3, -0.25) is 9.52 Å². The quantitative estimate of drug-likeness (QED) is 0.608. The topological polar surface area (TPSA) is 111 Å². The molecule has 0 fully saturated rings. The number of ether oxygens (including phenoxy) is 1. The Balaban J connectivity index is 1.72. The number of benzene rings is 2. The third-order valence-corrected chi connectivity index (χ3v) is 5.51. The molecule has 2 aromatic carbocycles. The van der Waals surface area contributed by atoms with E-state index in [2.05, 4.69) is 15.2 Å². The Morgan fingerprint density at radius 2 is 1.72 bits per heavy atom. The van der Waals surface area contributed by atoms with Crippen LogP contribution in [0, 0.1) is 13.8 Å². The van der Waals surface area contributed by atoms with Crippen LogP contribution in [0.25, 0.3) is 0 Å². The summed E-state index contributed by atoms with van der Waals surface area (Å²) in [4.78, 5) is 12.4. The van der Waals surface area contributed by atoms with E-state index in [4.69, 9.17) is 9.26 Å². The smallest absolute Gasteiger partial charge is 0.261 e. The van der Waals surface area contributed by atoms with Gasteiger partial charge in [-0.05, 0) is 69.3 Å². The van der Waals surface area contributed by atoms with Gasteiger partial charge >= 0.3 is 0 Å². The lowest BCUT2D eigenvalue weighted by Crippen LogP contribution is -2.15. The van der Waals surface area contributed by atoms with Crippen molar-refractivity contribution in [3.05, 3.63) is 65.5 Å². The average molecular weight is 415 g/mol. The van der Waals surface area contributed by atoms with Crippen LogP contribution in [0.1, 0.15) is 28.7 Å². The molecule has 8 nitrogen and oxygen atoms in total. The van der Waals surface area contributed by atoms with Gasteiger partial charge in [-0.1, -0.05) is 5.16 Å². The highest BCUT2D eigenvalue weighted by molar-refractivity contribution is 7.92. The molecule has 3 rings (SSSR count). The molecular weight excluding hydrogens is 394 g/mol. The number of carbonyl (C=O) groups is 1. The van der Waals surface area contributed by atoms with Gasteiger partial charge in [0.2, 0.25) is 0 Å². The van der Waals surface area contributed by atoms with Crippen molar-refractivity contribution in [1.82, 2.24) is 5.16 Å². The maximum Gasteiger partial charge on any atom is 0.261 e. The van der Waals surface area contributed by atoms with Crippen LogP contribution >= 0.6 is 0 Å². The average Bonchev–Trinajstić information content (AvgIpc) is 3.01. The lowest BCUT2D eigenvalue weighted by Gasteiger charge is -2.10. The van der Waals surface area contributed by atoms with Gasteiger partial charge < -0.3 is 14.6 Å². The number of aryl methyl sites for hydroxylation is 2. The van der Waals surface area contributed by atoms with E-state index in [0.717, 1.165) is 0 Å². The van der Waals surface area contributed by atoms with Gasteiger partial charge in [0, 0.05) is 11.3 Å². The fraction of sp³-hybridized carbons (Fsp3) is 0.200. The van der Waals surface area contributed by atoms with E-state index < -0.39 is 10.0 Å². The molecule has 152 valence electrons. The van der Waals surface area contributed by atoms with Gasteiger partial charge in [0.05, 0.1) is 11.5 Å². The summed E-state index contributed by atoms with van der Waals surface area (Å²) in [5.74, 6) is 0.765. The van der Waals surface area contributed by atoms with E-state index in [0.29, 0.717) is 40.7 Å². The van der Waals surface area contributed by atoms with E-state index in [-0.39, 0.29) is 10.8 Å². The Labute approximate surface area is 168 Å². The van der Waals surface area contributed by atoms with Crippen molar-refractivity contribution in [2.75, 3.05) is 16.6 Å². The second kappa shape index (κ2) is 8.36. The summed E-state index contributed by atoms with van der Waals surface area (Å²) in [6, 6.07) is 12.2. The number of sulfonamides is 1.